The molecule has 0 spiro atoms. The molecule has 1 fully saturated rings. The molecule has 0 aromatic carbocycles. The van der Waals surface area contributed by atoms with E-state index in [-0.39, 0.29) is 5.88 Å². The molecule has 1 aromatic heterocycles. The van der Waals surface area contributed by atoms with Gasteiger partial charge in [-0.05, 0) is 18.8 Å². The van der Waals surface area contributed by atoms with Gasteiger partial charge in [0, 0.05) is 12.6 Å². The summed E-state index contributed by atoms with van der Waals surface area (Å²) in [6.45, 7) is 5.58. The van der Waals surface area contributed by atoms with Crippen LogP contribution >= 0.6 is 11.3 Å². The van der Waals surface area contributed by atoms with E-state index in [9.17, 15) is 5.11 Å². The van der Waals surface area contributed by atoms with Gasteiger partial charge in [0.25, 0.3) is 0 Å². The number of anilines is 1. The molecule has 3 nitrogen and oxygen atoms in total. The highest BCUT2D eigenvalue weighted by molar-refractivity contribution is 7.13. The average Bonchev–Trinajstić information content (AvgIpc) is 2.71. The normalized spacial score (nSPS) is 27.1. The number of thiazole rings is 1. The van der Waals surface area contributed by atoms with Crippen molar-refractivity contribution >= 4 is 16.5 Å². The zero-order valence-electron chi connectivity index (χ0n) is 8.60. The molecule has 1 saturated heterocycles. The maximum atomic E-state index is 9.21. The molecule has 2 heterocycles. The van der Waals surface area contributed by atoms with E-state index in [0.717, 1.165) is 24.0 Å². The van der Waals surface area contributed by atoms with Crippen LogP contribution in [0.15, 0.2) is 5.38 Å². The lowest BCUT2D eigenvalue weighted by Gasteiger charge is -2.24. The van der Waals surface area contributed by atoms with E-state index in [2.05, 4.69) is 23.7 Å². The van der Waals surface area contributed by atoms with Gasteiger partial charge >= 0.3 is 0 Å². The fraction of sp³-hybridized carbons (Fsp3) is 0.700. The second-order valence-corrected chi connectivity index (χ2v) is 4.76. The van der Waals surface area contributed by atoms with E-state index < -0.39 is 0 Å². The first-order valence-electron chi connectivity index (χ1n) is 5.13. The monoisotopic (exact) mass is 212 g/mol. The third kappa shape index (κ3) is 1.59. The number of rotatable bonds is 2. The molecular formula is C10H16N2OS. The van der Waals surface area contributed by atoms with Crippen molar-refractivity contribution in [2.24, 2.45) is 5.92 Å². The second kappa shape index (κ2) is 3.77. The summed E-state index contributed by atoms with van der Waals surface area (Å²) >= 11 is 1.53. The van der Waals surface area contributed by atoms with Crippen LogP contribution in [0.2, 0.25) is 0 Å². The van der Waals surface area contributed by atoms with Gasteiger partial charge in [-0.25, -0.2) is 0 Å². The molecule has 0 bridgehead atoms. The van der Waals surface area contributed by atoms with Crippen molar-refractivity contribution in [1.82, 2.24) is 4.98 Å². The number of hydrogen-bond donors (Lipinski definition) is 1. The Morgan fingerprint density at radius 3 is 3.07 bits per heavy atom. The molecule has 2 unspecified atom stereocenters. The van der Waals surface area contributed by atoms with Crippen LogP contribution in [0, 0.1) is 5.92 Å². The lowest BCUT2D eigenvalue weighted by atomic mass is 10.0. The summed E-state index contributed by atoms with van der Waals surface area (Å²) < 4.78 is 0. The van der Waals surface area contributed by atoms with Gasteiger partial charge in [0.2, 0.25) is 5.88 Å². The van der Waals surface area contributed by atoms with Gasteiger partial charge in [0.15, 0.2) is 5.13 Å². The van der Waals surface area contributed by atoms with Gasteiger partial charge in [-0.1, -0.05) is 13.8 Å². The molecule has 1 aliphatic rings. The summed E-state index contributed by atoms with van der Waals surface area (Å²) in [5.74, 6) is 0.894. The van der Waals surface area contributed by atoms with Crippen molar-refractivity contribution in [3.63, 3.8) is 0 Å². The largest absolute Gasteiger partial charge is 0.493 e. The van der Waals surface area contributed by atoms with Crippen LogP contribution in [0.5, 0.6) is 5.88 Å². The Hall–Kier alpha value is -0.770. The molecule has 0 aliphatic carbocycles. The Balaban J connectivity index is 2.18. The van der Waals surface area contributed by atoms with E-state index in [1.807, 2.05) is 0 Å². The van der Waals surface area contributed by atoms with E-state index in [0.29, 0.717) is 6.04 Å². The maximum absolute atomic E-state index is 9.21. The fourth-order valence-corrected chi connectivity index (χ4v) is 3.03. The van der Waals surface area contributed by atoms with Crippen LogP contribution in [0.3, 0.4) is 0 Å². The van der Waals surface area contributed by atoms with Gasteiger partial charge in [-0.15, -0.1) is 11.3 Å². The number of aromatic hydroxyl groups is 1. The van der Waals surface area contributed by atoms with E-state index >= 15 is 0 Å². The summed E-state index contributed by atoms with van der Waals surface area (Å²) in [5, 5.41) is 11.9. The fourth-order valence-electron chi connectivity index (χ4n) is 2.26. The molecule has 0 saturated carbocycles. The molecule has 0 amide bonds. The predicted molar refractivity (Wildman–Crippen MR) is 59.0 cm³/mol. The average molecular weight is 212 g/mol. The Morgan fingerprint density at radius 2 is 2.50 bits per heavy atom. The van der Waals surface area contributed by atoms with E-state index in [1.165, 1.54) is 17.8 Å². The molecular weight excluding hydrogens is 196 g/mol. The van der Waals surface area contributed by atoms with Crippen LogP contribution in [0.25, 0.3) is 0 Å². The Morgan fingerprint density at radius 1 is 1.71 bits per heavy atom. The first kappa shape index (κ1) is 9.77. The van der Waals surface area contributed by atoms with Crippen molar-refractivity contribution in [2.75, 3.05) is 11.4 Å². The van der Waals surface area contributed by atoms with Crippen LogP contribution < -0.4 is 4.90 Å². The number of nitrogens with zero attached hydrogens (tertiary/aromatic N) is 2. The molecule has 78 valence electrons. The zero-order chi connectivity index (χ0) is 10.1. The van der Waals surface area contributed by atoms with Crippen molar-refractivity contribution in [3.05, 3.63) is 5.38 Å². The maximum Gasteiger partial charge on any atom is 0.223 e. The number of aromatic nitrogens is 1. The molecule has 2 rings (SSSR count). The van der Waals surface area contributed by atoms with Crippen molar-refractivity contribution in [1.29, 1.82) is 0 Å². The van der Waals surface area contributed by atoms with Crippen LogP contribution in [-0.2, 0) is 0 Å². The number of hydrogen-bond acceptors (Lipinski definition) is 4. The summed E-state index contributed by atoms with van der Waals surface area (Å²) in [7, 11) is 0. The van der Waals surface area contributed by atoms with Crippen molar-refractivity contribution in [2.45, 2.75) is 32.7 Å². The molecule has 1 N–H and O–H groups in total. The minimum absolute atomic E-state index is 0.152. The summed E-state index contributed by atoms with van der Waals surface area (Å²) in [6, 6.07) is 0.598. The first-order chi connectivity index (χ1) is 6.72. The van der Waals surface area contributed by atoms with Gasteiger partial charge in [-0.3, -0.25) is 0 Å². The van der Waals surface area contributed by atoms with Gasteiger partial charge < -0.3 is 10.0 Å². The van der Waals surface area contributed by atoms with Crippen molar-refractivity contribution < 1.29 is 5.11 Å². The molecule has 2 atom stereocenters. The third-order valence-electron chi connectivity index (χ3n) is 3.03. The highest BCUT2D eigenvalue weighted by Crippen LogP contribution is 2.34. The Bertz CT molecular complexity index is 313. The molecule has 1 aliphatic heterocycles. The molecule has 4 heteroatoms. The standard InChI is InChI=1S/C10H16N2OS/c1-3-8-7(2)4-5-12(8)10-11-9(13)6-14-10/h6-8,13H,3-5H2,1-2H3. The minimum Gasteiger partial charge on any atom is -0.493 e. The summed E-state index contributed by atoms with van der Waals surface area (Å²) in [4.78, 5) is 6.45. The first-order valence-corrected chi connectivity index (χ1v) is 6.01. The Labute approximate surface area is 88.4 Å². The Kier molecular flexibility index (Phi) is 2.63. The van der Waals surface area contributed by atoms with E-state index in [4.69, 9.17) is 0 Å². The molecule has 14 heavy (non-hydrogen) atoms. The highest BCUT2D eigenvalue weighted by atomic mass is 32.1. The van der Waals surface area contributed by atoms with Gasteiger partial charge in [0.1, 0.15) is 0 Å². The van der Waals surface area contributed by atoms with Gasteiger partial charge in [0.05, 0.1) is 5.38 Å². The minimum atomic E-state index is 0.152. The predicted octanol–water partition coefficient (Wildman–Crippen LogP) is 2.47. The highest BCUT2D eigenvalue weighted by Gasteiger charge is 2.31. The van der Waals surface area contributed by atoms with Crippen LogP contribution in [0.4, 0.5) is 5.13 Å². The smallest absolute Gasteiger partial charge is 0.223 e. The van der Waals surface area contributed by atoms with Gasteiger partial charge in [-0.2, -0.15) is 4.98 Å². The summed E-state index contributed by atoms with van der Waals surface area (Å²) in [6.07, 6.45) is 2.39. The van der Waals surface area contributed by atoms with Crippen LogP contribution in [-0.4, -0.2) is 22.7 Å². The molecule has 0 radical (unpaired) electrons. The lowest BCUT2D eigenvalue weighted by Crippen LogP contribution is -2.31. The second-order valence-electron chi connectivity index (χ2n) is 3.92. The third-order valence-corrected chi connectivity index (χ3v) is 3.89. The topological polar surface area (TPSA) is 36.4 Å². The quantitative estimate of drug-likeness (QED) is 0.818. The lowest BCUT2D eigenvalue weighted by molar-refractivity contribution is 0.455. The summed E-state index contributed by atoms with van der Waals surface area (Å²) in [5.41, 5.74) is 0. The van der Waals surface area contributed by atoms with Crippen molar-refractivity contribution in [3.8, 4) is 5.88 Å². The zero-order valence-corrected chi connectivity index (χ0v) is 9.42. The van der Waals surface area contributed by atoms with E-state index in [1.54, 1.807) is 5.38 Å². The van der Waals surface area contributed by atoms with Crippen LogP contribution in [0.1, 0.15) is 26.7 Å². The molecule has 1 aromatic rings. The SMILES string of the molecule is CCC1C(C)CCN1c1nc(O)cs1.